The SMILES string of the molecule is COc1cc(C(=O)NCc2cccc(NC(=O)C3CCCC3)c2)cc2c1OCCO2. The smallest absolute Gasteiger partial charge is 0.251 e. The summed E-state index contributed by atoms with van der Waals surface area (Å²) in [4.78, 5) is 25.0. The summed E-state index contributed by atoms with van der Waals surface area (Å²) in [5, 5.41) is 5.90. The highest BCUT2D eigenvalue weighted by atomic mass is 16.6. The van der Waals surface area contributed by atoms with Crippen molar-refractivity contribution in [1.82, 2.24) is 5.32 Å². The third kappa shape index (κ3) is 4.50. The lowest BCUT2D eigenvalue weighted by atomic mass is 10.1. The second kappa shape index (κ2) is 9.07. The summed E-state index contributed by atoms with van der Waals surface area (Å²) in [6.45, 7) is 1.21. The van der Waals surface area contributed by atoms with Crippen LogP contribution in [0.2, 0.25) is 0 Å². The molecule has 1 fully saturated rings. The fourth-order valence-electron chi connectivity index (χ4n) is 3.88. The summed E-state index contributed by atoms with van der Waals surface area (Å²) < 4.78 is 16.5. The van der Waals surface area contributed by atoms with Crippen LogP contribution in [-0.2, 0) is 11.3 Å². The van der Waals surface area contributed by atoms with E-state index in [1.807, 2.05) is 24.3 Å². The molecule has 0 radical (unpaired) electrons. The zero-order valence-electron chi connectivity index (χ0n) is 17.0. The lowest BCUT2D eigenvalue weighted by Crippen LogP contribution is -2.24. The lowest BCUT2D eigenvalue weighted by Gasteiger charge is -2.21. The molecule has 2 aromatic carbocycles. The molecule has 30 heavy (non-hydrogen) atoms. The maximum atomic E-state index is 12.7. The molecule has 0 saturated heterocycles. The minimum Gasteiger partial charge on any atom is -0.493 e. The Labute approximate surface area is 175 Å². The number of hydrogen-bond donors (Lipinski definition) is 2. The minimum absolute atomic E-state index is 0.0806. The lowest BCUT2D eigenvalue weighted by molar-refractivity contribution is -0.119. The molecule has 1 aliphatic heterocycles. The van der Waals surface area contributed by atoms with Crippen LogP contribution in [0.5, 0.6) is 17.2 Å². The van der Waals surface area contributed by atoms with Gasteiger partial charge in [0, 0.05) is 23.7 Å². The summed E-state index contributed by atoms with van der Waals surface area (Å²) in [5.41, 5.74) is 2.08. The molecular weight excluding hydrogens is 384 g/mol. The van der Waals surface area contributed by atoms with Gasteiger partial charge in [0.1, 0.15) is 13.2 Å². The van der Waals surface area contributed by atoms with Crippen LogP contribution in [0.25, 0.3) is 0 Å². The number of carbonyl (C=O) groups excluding carboxylic acids is 2. The molecule has 2 aliphatic rings. The number of rotatable bonds is 6. The number of benzene rings is 2. The fraction of sp³-hybridized carbons (Fsp3) is 0.391. The van der Waals surface area contributed by atoms with Crippen molar-refractivity contribution in [2.75, 3.05) is 25.6 Å². The molecule has 1 aliphatic carbocycles. The Morgan fingerprint density at radius 2 is 1.90 bits per heavy atom. The van der Waals surface area contributed by atoms with E-state index in [9.17, 15) is 9.59 Å². The van der Waals surface area contributed by atoms with Crippen molar-refractivity contribution in [3.05, 3.63) is 47.5 Å². The van der Waals surface area contributed by atoms with Gasteiger partial charge in [-0.3, -0.25) is 9.59 Å². The van der Waals surface area contributed by atoms with Crippen LogP contribution in [0.4, 0.5) is 5.69 Å². The van der Waals surface area contributed by atoms with Crippen LogP contribution in [-0.4, -0.2) is 32.1 Å². The maximum Gasteiger partial charge on any atom is 0.251 e. The average Bonchev–Trinajstić information content (AvgIpc) is 3.32. The van der Waals surface area contributed by atoms with Gasteiger partial charge in [-0.15, -0.1) is 0 Å². The van der Waals surface area contributed by atoms with Crippen LogP contribution in [0.1, 0.15) is 41.6 Å². The standard InChI is InChI=1S/C23H26N2O5/c1-28-19-12-17(13-20-21(19)30-10-9-29-20)22(26)24-14-15-5-4-8-18(11-15)25-23(27)16-6-2-3-7-16/h4-5,8,11-13,16H,2-3,6-7,9-10,14H2,1H3,(H,24,26)(H,25,27). The van der Waals surface area contributed by atoms with Gasteiger partial charge in [0.2, 0.25) is 11.7 Å². The number of nitrogens with one attached hydrogen (secondary N) is 2. The highest BCUT2D eigenvalue weighted by Crippen LogP contribution is 2.40. The molecule has 0 atom stereocenters. The first-order valence-electron chi connectivity index (χ1n) is 10.3. The van der Waals surface area contributed by atoms with Gasteiger partial charge in [-0.25, -0.2) is 0 Å². The number of carbonyl (C=O) groups is 2. The molecule has 2 N–H and O–H groups in total. The average molecular weight is 410 g/mol. The second-order valence-electron chi connectivity index (χ2n) is 7.56. The number of methoxy groups -OCH3 is 1. The molecule has 4 rings (SSSR count). The van der Waals surface area contributed by atoms with Gasteiger partial charge in [0.05, 0.1) is 7.11 Å². The Morgan fingerprint density at radius 1 is 1.10 bits per heavy atom. The van der Waals surface area contributed by atoms with E-state index in [0.717, 1.165) is 36.9 Å². The molecule has 1 saturated carbocycles. The maximum absolute atomic E-state index is 12.7. The third-order valence-corrected chi connectivity index (χ3v) is 5.46. The van der Waals surface area contributed by atoms with Crippen molar-refractivity contribution in [1.29, 1.82) is 0 Å². The number of ether oxygens (including phenoxy) is 3. The predicted octanol–water partition coefficient (Wildman–Crippen LogP) is 3.53. The third-order valence-electron chi connectivity index (χ3n) is 5.46. The van der Waals surface area contributed by atoms with Gasteiger partial charge in [0.15, 0.2) is 11.5 Å². The second-order valence-corrected chi connectivity index (χ2v) is 7.56. The predicted molar refractivity (Wildman–Crippen MR) is 112 cm³/mol. The number of anilines is 1. The Bertz CT molecular complexity index is 920. The summed E-state index contributed by atoms with van der Waals surface area (Å²) >= 11 is 0. The number of hydrogen-bond acceptors (Lipinski definition) is 5. The van der Waals surface area contributed by atoms with Gasteiger partial charge >= 0.3 is 0 Å². The molecular formula is C23H26N2O5. The topological polar surface area (TPSA) is 85.9 Å². The van der Waals surface area contributed by atoms with Gasteiger partial charge in [-0.05, 0) is 42.7 Å². The van der Waals surface area contributed by atoms with Crippen molar-refractivity contribution in [2.24, 2.45) is 5.92 Å². The molecule has 2 amide bonds. The van der Waals surface area contributed by atoms with E-state index in [2.05, 4.69) is 10.6 Å². The summed E-state index contributed by atoms with van der Waals surface area (Å²) in [5.74, 6) is 1.43. The first-order chi connectivity index (χ1) is 14.6. The van der Waals surface area contributed by atoms with Gasteiger partial charge in [0.25, 0.3) is 5.91 Å². The Kier molecular flexibility index (Phi) is 6.07. The van der Waals surface area contributed by atoms with E-state index in [1.54, 1.807) is 12.1 Å². The van der Waals surface area contributed by atoms with Crippen molar-refractivity contribution in [2.45, 2.75) is 32.2 Å². The molecule has 0 spiro atoms. The monoisotopic (exact) mass is 410 g/mol. The number of fused-ring (bicyclic) bond motifs is 1. The zero-order valence-corrected chi connectivity index (χ0v) is 17.0. The Morgan fingerprint density at radius 3 is 2.70 bits per heavy atom. The van der Waals surface area contributed by atoms with Crippen LogP contribution < -0.4 is 24.8 Å². The van der Waals surface area contributed by atoms with Crippen LogP contribution in [0.3, 0.4) is 0 Å². The van der Waals surface area contributed by atoms with E-state index in [-0.39, 0.29) is 17.7 Å². The van der Waals surface area contributed by atoms with Gasteiger partial charge in [-0.1, -0.05) is 25.0 Å². The molecule has 1 heterocycles. The van der Waals surface area contributed by atoms with Crippen molar-refractivity contribution < 1.29 is 23.8 Å². The van der Waals surface area contributed by atoms with E-state index >= 15 is 0 Å². The zero-order chi connectivity index (χ0) is 20.9. The molecule has 0 bridgehead atoms. The Balaban J connectivity index is 1.40. The molecule has 7 heteroatoms. The van der Waals surface area contributed by atoms with Crippen molar-refractivity contribution >= 4 is 17.5 Å². The summed E-state index contributed by atoms with van der Waals surface area (Å²) in [6, 6.07) is 10.8. The fourth-order valence-corrected chi connectivity index (χ4v) is 3.88. The van der Waals surface area contributed by atoms with Crippen LogP contribution in [0, 0.1) is 5.92 Å². The number of amides is 2. The summed E-state index contributed by atoms with van der Waals surface area (Å²) in [6.07, 6.45) is 4.16. The molecule has 0 unspecified atom stereocenters. The molecule has 2 aromatic rings. The molecule has 7 nitrogen and oxygen atoms in total. The largest absolute Gasteiger partial charge is 0.493 e. The summed E-state index contributed by atoms with van der Waals surface area (Å²) in [7, 11) is 1.53. The van der Waals surface area contributed by atoms with E-state index in [0.29, 0.717) is 42.6 Å². The van der Waals surface area contributed by atoms with Crippen LogP contribution >= 0.6 is 0 Å². The van der Waals surface area contributed by atoms with E-state index in [1.165, 1.54) is 7.11 Å². The Hall–Kier alpha value is -3.22. The first-order valence-corrected chi connectivity index (χ1v) is 10.3. The van der Waals surface area contributed by atoms with Gasteiger partial charge in [-0.2, -0.15) is 0 Å². The van der Waals surface area contributed by atoms with E-state index < -0.39 is 0 Å². The highest BCUT2D eigenvalue weighted by Gasteiger charge is 2.23. The quantitative estimate of drug-likeness (QED) is 0.761. The first kappa shape index (κ1) is 20.1. The van der Waals surface area contributed by atoms with Crippen molar-refractivity contribution in [3.8, 4) is 17.2 Å². The van der Waals surface area contributed by atoms with Crippen molar-refractivity contribution in [3.63, 3.8) is 0 Å². The van der Waals surface area contributed by atoms with Gasteiger partial charge < -0.3 is 24.8 Å². The molecule has 158 valence electrons. The normalized spacial score (nSPS) is 15.5. The van der Waals surface area contributed by atoms with Crippen LogP contribution in [0.15, 0.2) is 36.4 Å². The van der Waals surface area contributed by atoms with E-state index in [4.69, 9.17) is 14.2 Å². The highest BCUT2D eigenvalue weighted by molar-refractivity contribution is 5.95. The molecule has 0 aromatic heterocycles. The minimum atomic E-state index is -0.245.